The molecule has 0 aliphatic carbocycles. The van der Waals surface area contributed by atoms with Gasteiger partial charge in [0.15, 0.2) is 0 Å². The quantitative estimate of drug-likeness (QED) is 0.754. The first-order chi connectivity index (χ1) is 11.4. The van der Waals surface area contributed by atoms with Crippen LogP contribution < -0.4 is 0 Å². The van der Waals surface area contributed by atoms with Crippen LogP contribution in [-0.4, -0.2) is 33.0 Å². The van der Waals surface area contributed by atoms with Gasteiger partial charge in [-0.15, -0.1) is 0 Å². The SMILES string of the molecule is CC(C)(O)CN(Cc1ccccc1)C(=O)c1ccc2[nH]ccc2c1. The van der Waals surface area contributed by atoms with Crippen LogP contribution in [0.2, 0.25) is 0 Å². The lowest BCUT2D eigenvalue weighted by atomic mass is 10.1. The maximum absolute atomic E-state index is 13.0. The monoisotopic (exact) mass is 322 g/mol. The Hall–Kier alpha value is -2.59. The molecule has 0 aliphatic heterocycles. The van der Waals surface area contributed by atoms with Gasteiger partial charge in [-0.2, -0.15) is 0 Å². The smallest absolute Gasteiger partial charge is 0.254 e. The Kier molecular flexibility index (Phi) is 4.40. The van der Waals surface area contributed by atoms with Gasteiger partial charge in [0, 0.05) is 35.8 Å². The van der Waals surface area contributed by atoms with Crippen molar-refractivity contribution in [3.8, 4) is 0 Å². The van der Waals surface area contributed by atoms with Crippen LogP contribution in [0.5, 0.6) is 0 Å². The number of aromatic amines is 1. The number of fused-ring (bicyclic) bond motifs is 1. The van der Waals surface area contributed by atoms with Crippen LogP contribution >= 0.6 is 0 Å². The molecular weight excluding hydrogens is 300 g/mol. The fourth-order valence-corrected chi connectivity index (χ4v) is 2.84. The number of hydrogen-bond donors (Lipinski definition) is 2. The Morgan fingerprint density at radius 3 is 2.58 bits per heavy atom. The molecule has 1 amide bonds. The first-order valence-corrected chi connectivity index (χ1v) is 8.05. The predicted molar refractivity (Wildman–Crippen MR) is 95.8 cm³/mol. The van der Waals surface area contributed by atoms with Crippen LogP contribution in [0.3, 0.4) is 0 Å². The van der Waals surface area contributed by atoms with Crippen molar-refractivity contribution in [2.24, 2.45) is 0 Å². The van der Waals surface area contributed by atoms with Crippen LogP contribution in [0.25, 0.3) is 10.9 Å². The number of benzene rings is 2. The first kappa shape index (κ1) is 16.3. The lowest BCUT2D eigenvalue weighted by molar-refractivity contribution is 0.0280. The van der Waals surface area contributed by atoms with E-state index in [-0.39, 0.29) is 12.5 Å². The van der Waals surface area contributed by atoms with Crippen molar-refractivity contribution in [1.29, 1.82) is 0 Å². The second-order valence-corrected chi connectivity index (χ2v) is 6.74. The number of H-pyrrole nitrogens is 1. The minimum Gasteiger partial charge on any atom is -0.389 e. The lowest BCUT2D eigenvalue weighted by Crippen LogP contribution is -2.41. The van der Waals surface area contributed by atoms with Gasteiger partial charge in [-0.25, -0.2) is 0 Å². The highest BCUT2D eigenvalue weighted by Crippen LogP contribution is 2.18. The summed E-state index contributed by atoms with van der Waals surface area (Å²) in [7, 11) is 0. The number of carbonyl (C=O) groups excluding carboxylic acids is 1. The van der Waals surface area contributed by atoms with E-state index < -0.39 is 5.60 Å². The van der Waals surface area contributed by atoms with Gasteiger partial charge in [0.2, 0.25) is 0 Å². The molecule has 0 bridgehead atoms. The van der Waals surface area contributed by atoms with E-state index in [1.54, 1.807) is 18.7 Å². The number of aromatic nitrogens is 1. The van der Waals surface area contributed by atoms with E-state index in [0.717, 1.165) is 16.5 Å². The maximum Gasteiger partial charge on any atom is 0.254 e. The summed E-state index contributed by atoms with van der Waals surface area (Å²) < 4.78 is 0. The van der Waals surface area contributed by atoms with E-state index in [1.165, 1.54) is 0 Å². The second kappa shape index (κ2) is 6.49. The molecule has 0 fully saturated rings. The van der Waals surface area contributed by atoms with Crippen LogP contribution in [0.1, 0.15) is 29.8 Å². The van der Waals surface area contributed by atoms with Gasteiger partial charge in [0.1, 0.15) is 0 Å². The Morgan fingerprint density at radius 2 is 1.88 bits per heavy atom. The van der Waals surface area contributed by atoms with E-state index >= 15 is 0 Å². The molecule has 4 heteroatoms. The molecular formula is C20H22N2O2. The maximum atomic E-state index is 13.0. The van der Waals surface area contributed by atoms with Gasteiger partial charge < -0.3 is 15.0 Å². The molecule has 2 N–H and O–H groups in total. The zero-order valence-electron chi connectivity index (χ0n) is 14.0. The molecule has 1 heterocycles. The minimum absolute atomic E-state index is 0.0796. The zero-order chi connectivity index (χ0) is 17.2. The van der Waals surface area contributed by atoms with Gasteiger partial charge in [-0.1, -0.05) is 30.3 Å². The van der Waals surface area contributed by atoms with E-state index in [1.807, 2.05) is 60.8 Å². The summed E-state index contributed by atoms with van der Waals surface area (Å²) in [6, 6.07) is 17.4. The third-order valence-corrected chi connectivity index (χ3v) is 3.88. The predicted octanol–water partition coefficient (Wildman–Crippen LogP) is 3.58. The second-order valence-electron chi connectivity index (χ2n) is 6.74. The van der Waals surface area contributed by atoms with Gasteiger partial charge in [0.05, 0.1) is 5.60 Å². The van der Waals surface area contributed by atoms with Crippen molar-refractivity contribution in [2.75, 3.05) is 6.54 Å². The highest BCUT2D eigenvalue weighted by Gasteiger charge is 2.24. The van der Waals surface area contributed by atoms with Crippen LogP contribution in [-0.2, 0) is 6.54 Å². The molecule has 3 aromatic rings. The van der Waals surface area contributed by atoms with Crippen molar-refractivity contribution in [1.82, 2.24) is 9.88 Å². The third kappa shape index (κ3) is 3.84. The molecule has 24 heavy (non-hydrogen) atoms. The van der Waals surface area contributed by atoms with E-state index in [4.69, 9.17) is 0 Å². The number of rotatable bonds is 5. The molecule has 0 spiro atoms. The molecule has 1 aromatic heterocycles. The summed E-state index contributed by atoms with van der Waals surface area (Å²) in [5.41, 5.74) is 1.71. The highest BCUT2D eigenvalue weighted by molar-refractivity contribution is 5.98. The number of hydrogen-bond acceptors (Lipinski definition) is 2. The topological polar surface area (TPSA) is 56.3 Å². The van der Waals surface area contributed by atoms with Gasteiger partial charge >= 0.3 is 0 Å². The average molecular weight is 322 g/mol. The summed E-state index contributed by atoms with van der Waals surface area (Å²) >= 11 is 0. The van der Waals surface area contributed by atoms with Gasteiger partial charge in [-0.05, 0) is 43.7 Å². The van der Waals surface area contributed by atoms with Crippen LogP contribution in [0.4, 0.5) is 0 Å². The largest absolute Gasteiger partial charge is 0.389 e. The molecule has 2 aromatic carbocycles. The average Bonchev–Trinajstić information content (AvgIpc) is 3.01. The molecule has 0 atom stereocenters. The van der Waals surface area contributed by atoms with Gasteiger partial charge in [0.25, 0.3) is 5.91 Å². The van der Waals surface area contributed by atoms with Crippen molar-refractivity contribution >= 4 is 16.8 Å². The molecule has 0 saturated heterocycles. The summed E-state index contributed by atoms with van der Waals surface area (Å²) in [5.74, 6) is -0.0796. The molecule has 0 radical (unpaired) electrons. The normalized spacial score (nSPS) is 11.6. The Bertz CT molecular complexity index is 831. The standard InChI is InChI=1S/C20H22N2O2/c1-20(2,24)14-22(13-15-6-4-3-5-7-15)19(23)17-8-9-18-16(12-17)10-11-21-18/h3-12,21,24H,13-14H2,1-2H3. The van der Waals surface area contributed by atoms with E-state index in [2.05, 4.69) is 4.98 Å². The van der Waals surface area contributed by atoms with Crippen molar-refractivity contribution in [3.63, 3.8) is 0 Å². The summed E-state index contributed by atoms with van der Waals surface area (Å²) in [4.78, 5) is 17.8. The fourth-order valence-electron chi connectivity index (χ4n) is 2.84. The summed E-state index contributed by atoms with van der Waals surface area (Å²) in [5, 5.41) is 11.2. The zero-order valence-corrected chi connectivity index (χ0v) is 14.0. The van der Waals surface area contributed by atoms with E-state index in [9.17, 15) is 9.90 Å². The Labute approximate surface area is 141 Å². The van der Waals surface area contributed by atoms with Crippen LogP contribution in [0, 0.1) is 0 Å². The molecule has 4 nitrogen and oxygen atoms in total. The number of nitrogens with one attached hydrogen (secondary N) is 1. The van der Waals surface area contributed by atoms with Crippen LogP contribution in [0.15, 0.2) is 60.8 Å². The molecule has 0 unspecified atom stereocenters. The molecule has 124 valence electrons. The number of amides is 1. The first-order valence-electron chi connectivity index (χ1n) is 8.05. The fraction of sp³-hybridized carbons (Fsp3) is 0.250. The molecule has 0 saturated carbocycles. The molecule has 3 rings (SSSR count). The van der Waals surface area contributed by atoms with Crippen molar-refractivity contribution in [2.45, 2.75) is 26.0 Å². The molecule has 0 aliphatic rings. The van der Waals surface area contributed by atoms with E-state index in [0.29, 0.717) is 12.1 Å². The summed E-state index contributed by atoms with van der Waals surface area (Å²) in [6.45, 7) is 4.17. The number of aliphatic hydroxyl groups is 1. The minimum atomic E-state index is -0.956. The number of carbonyl (C=O) groups is 1. The summed E-state index contributed by atoms with van der Waals surface area (Å²) in [6.07, 6.45) is 1.86. The van der Waals surface area contributed by atoms with Crippen molar-refractivity contribution in [3.05, 3.63) is 71.9 Å². The lowest BCUT2D eigenvalue weighted by Gasteiger charge is -2.29. The highest BCUT2D eigenvalue weighted by atomic mass is 16.3. The Balaban J connectivity index is 1.89. The Morgan fingerprint density at radius 1 is 1.12 bits per heavy atom. The number of nitrogens with zero attached hydrogens (tertiary/aromatic N) is 1. The van der Waals surface area contributed by atoms with Crippen molar-refractivity contribution < 1.29 is 9.90 Å². The van der Waals surface area contributed by atoms with Gasteiger partial charge in [-0.3, -0.25) is 4.79 Å². The third-order valence-electron chi connectivity index (χ3n) is 3.88.